The van der Waals surface area contributed by atoms with Gasteiger partial charge in [-0.1, -0.05) is 20.8 Å². The maximum Gasteiger partial charge on any atom is 0.339 e. The van der Waals surface area contributed by atoms with Crippen LogP contribution in [0.5, 0.6) is 0 Å². The molecule has 1 aliphatic heterocycles. The Morgan fingerprint density at radius 1 is 1.42 bits per heavy atom. The van der Waals surface area contributed by atoms with Crippen LogP contribution in [0.25, 0.3) is 0 Å². The molecule has 1 fully saturated rings. The van der Waals surface area contributed by atoms with E-state index in [1.54, 1.807) is 10.3 Å². The topological polar surface area (TPSA) is 99.2 Å². The molecule has 1 aliphatic rings. The number of amides is 1. The molecule has 0 radical (unpaired) electrons. The monoisotopic (exact) mass is 348 g/mol. The van der Waals surface area contributed by atoms with Crippen molar-refractivity contribution in [2.75, 3.05) is 13.1 Å². The third kappa shape index (κ3) is 3.06. The normalized spacial score (nSPS) is 18.1. The van der Waals surface area contributed by atoms with E-state index in [4.69, 9.17) is 0 Å². The minimum Gasteiger partial charge on any atom is -0.478 e. The molecule has 1 saturated heterocycles. The number of nitrogens with zero attached hydrogens (tertiary/aromatic N) is 3. The van der Waals surface area contributed by atoms with E-state index in [1.165, 1.54) is 17.5 Å². The summed E-state index contributed by atoms with van der Waals surface area (Å²) in [7, 11) is 0. The molecule has 2 aromatic rings. The van der Waals surface area contributed by atoms with Gasteiger partial charge in [0.25, 0.3) is 5.91 Å². The van der Waals surface area contributed by atoms with Gasteiger partial charge in [0.1, 0.15) is 11.3 Å². The second-order valence-corrected chi connectivity index (χ2v) is 7.89. The molecule has 0 aromatic carbocycles. The number of rotatable bonds is 3. The van der Waals surface area contributed by atoms with E-state index in [-0.39, 0.29) is 22.8 Å². The van der Waals surface area contributed by atoms with E-state index in [0.717, 1.165) is 5.01 Å². The fourth-order valence-electron chi connectivity index (χ4n) is 2.84. The highest BCUT2D eigenvalue weighted by atomic mass is 32.1. The van der Waals surface area contributed by atoms with E-state index in [2.05, 4.69) is 36.0 Å². The number of likely N-dealkylation sites (tertiary alicyclic amines) is 1. The summed E-state index contributed by atoms with van der Waals surface area (Å²) in [6, 6.07) is 0. The zero-order chi connectivity index (χ0) is 17.5. The smallest absolute Gasteiger partial charge is 0.339 e. The Balaban J connectivity index is 1.73. The Morgan fingerprint density at radius 3 is 2.79 bits per heavy atom. The van der Waals surface area contributed by atoms with Gasteiger partial charge in [-0.25, -0.2) is 9.78 Å². The van der Waals surface area contributed by atoms with Crippen molar-refractivity contribution in [1.29, 1.82) is 0 Å². The first-order chi connectivity index (χ1) is 11.3. The molecule has 2 N–H and O–H groups in total. The number of H-pyrrole nitrogens is 1. The van der Waals surface area contributed by atoms with Crippen LogP contribution in [0.2, 0.25) is 0 Å². The number of nitrogens with one attached hydrogen (secondary N) is 1. The van der Waals surface area contributed by atoms with Gasteiger partial charge in [-0.2, -0.15) is 5.10 Å². The second kappa shape index (κ2) is 6.01. The predicted molar refractivity (Wildman–Crippen MR) is 89.6 cm³/mol. The number of carboxylic acids is 1. The van der Waals surface area contributed by atoms with Gasteiger partial charge in [-0.15, -0.1) is 11.3 Å². The first kappa shape index (κ1) is 16.6. The molecule has 0 bridgehead atoms. The third-order valence-corrected chi connectivity index (χ3v) is 5.42. The van der Waals surface area contributed by atoms with Crippen LogP contribution in [0.1, 0.15) is 64.7 Å². The van der Waals surface area contributed by atoms with Crippen molar-refractivity contribution in [1.82, 2.24) is 20.1 Å². The van der Waals surface area contributed by atoms with Gasteiger partial charge in [0.2, 0.25) is 0 Å². The Kier molecular flexibility index (Phi) is 4.16. The molecule has 8 heteroatoms. The molecule has 0 spiro atoms. The average molecular weight is 348 g/mol. The zero-order valence-corrected chi connectivity index (χ0v) is 14.7. The van der Waals surface area contributed by atoms with Crippen molar-refractivity contribution in [3.05, 3.63) is 33.5 Å². The molecule has 0 aliphatic carbocycles. The van der Waals surface area contributed by atoms with Gasteiger partial charge in [0.05, 0.1) is 16.9 Å². The minimum absolute atomic E-state index is 0.0386. The largest absolute Gasteiger partial charge is 0.478 e. The highest BCUT2D eigenvalue weighted by molar-refractivity contribution is 7.10. The number of aromatic nitrogens is 3. The van der Waals surface area contributed by atoms with Crippen LogP contribution >= 0.6 is 11.3 Å². The van der Waals surface area contributed by atoms with Crippen molar-refractivity contribution in [3.63, 3.8) is 0 Å². The molecule has 2 aromatic heterocycles. The van der Waals surface area contributed by atoms with Gasteiger partial charge >= 0.3 is 5.97 Å². The van der Waals surface area contributed by atoms with Crippen LogP contribution in [0, 0.1) is 0 Å². The minimum atomic E-state index is -1.00. The number of hydrogen-bond acceptors (Lipinski definition) is 5. The lowest BCUT2D eigenvalue weighted by atomic mass is 9.98. The third-order valence-electron chi connectivity index (χ3n) is 4.15. The van der Waals surface area contributed by atoms with Crippen LogP contribution in [0.4, 0.5) is 0 Å². The quantitative estimate of drug-likeness (QED) is 0.888. The van der Waals surface area contributed by atoms with Crippen molar-refractivity contribution in [2.45, 2.75) is 38.5 Å². The van der Waals surface area contributed by atoms with Crippen molar-refractivity contribution < 1.29 is 14.7 Å². The Bertz CT molecular complexity index is 774. The molecule has 128 valence electrons. The molecule has 7 nitrogen and oxygen atoms in total. The number of aromatic amines is 1. The molecule has 1 unspecified atom stereocenters. The van der Waals surface area contributed by atoms with E-state index in [1.807, 2.05) is 0 Å². The Hall–Kier alpha value is -2.22. The molecular weight excluding hydrogens is 328 g/mol. The lowest BCUT2D eigenvalue weighted by Gasteiger charge is -2.16. The lowest BCUT2D eigenvalue weighted by Crippen LogP contribution is -2.29. The van der Waals surface area contributed by atoms with Gasteiger partial charge < -0.3 is 10.0 Å². The summed E-state index contributed by atoms with van der Waals surface area (Å²) in [5, 5.41) is 18.5. The van der Waals surface area contributed by atoms with Crippen molar-refractivity contribution in [2.24, 2.45) is 0 Å². The molecule has 1 atom stereocenters. The number of carboxylic acid groups (broad SMARTS) is 1. The number of carbonyl (C=O) groups is 2. The van der Waals surface area contributed by atoms with Gasteiger partial charge in [-0.3, -0.25) is 9.89 Å². The van der Waals surface area contributed by atoms with E-state index >= 15 is 0 Å². The molecule has 3 heterocycles. The highest BCUT2D eigenvalue weighted by Crippen LogP contribution is 2.30. The molecular formula is C16H20N4O3S. The average Bonchev–Trinajstić information content (AvgIpc) is 3.23. The van der Waals surface area contributed by atoms with Crippen LogP contribution in [-0.2, 0) is 5.41 Å². The van der Waals surface area contributed by atoms with Gasteiger partial charge in [-0.05, 0) is 6.42 Å². The summed E-state index contributed by atoms with van der Waals surface area (Å²) in [5.41, 5.74) is 1.15. The van der Waals surface area contributed by atoms with E-state index in [9.17, 15) is 14.7 Å². The second-order valence-electron chi connectivity index (χ2n) is 7.03. The first-order valence-corrected chi connectivity index (χ1v) is 8.67. The lowest BCUT2D eigenvalue weighted by molar-refractivity contribution is 0.0695. The predicted octanol–water partition coefficient (Wildman–Crippen LogP) is 2.49. The van der Waals surface area contributed by atoms with Crippen LogP contribution in [-0.4, -0.2) is 50.2 Å². The summed E-state index contributed by atoms with van der Waals surface area (Å²) >= 11 is 1.50. The molecule has 0 saturated carbocycles. The number of carbonyl (C=O) groups excluding carboxylic acids is 1. The zero-order valence-electron chi connectivity index (χ0n) is 13.9. The number of hydrogen-bond donors (Lipinski definition) is 2. The maximum absolute atomic E-state index is 12.6. The summed E-state index contributed by atoms with van der Waals surface area (Å²) in [5.74, 6) is -1.14. The van der Waals surface area contributed by atoms with Crippen molar-refractivity contribution >= 4 is 23.2 Å². The summed E-state index contributed by atoms with van der Waals surface area (Å²) in [6.45, 7) is 7.26. The highest BCUT2D eigenvalue weighted by Gasteiger charge is 2.32. The Labute approximate surface area is 143 Å². The van der Waals surface area contributed by atoms with Crippen molar-refractivity contribution in [3.8, 4) is 0 Å². The van der Waals surface area contributed by atoms with Crippen LogP contribution in [0.3, 0.4) is 0 Å². The molecule has 3 rings (SSSR count). The van der Waals surface area contributed by atoms with Crippen LogP contribution < -0.4 is 0 Å². The van der Waals surface area contributed by atoms with Gasteiger partial charge in [0, 0.05) is 29.8 Å². The summed E-state index contributed by atoms with van der Waals surface area (Å²) < 4.78 is 0. The fourth-order valence-corrected chi connectivity index (χ4v) is 3.72. The van der Waals surface area contributed by atoms with Crippen LogP contribution in [0.15, 0.2) is 11.6 Å². The summed E-state index contributed by atoms with van der Waals surface area (Å²) in [4.78, 5) is 30.1. The van der Waals surface area contributed by atoms with E-state index < -0.39 is 5.97 Å². The number of aromatic carboxylic acids is 1. The first-order valence-electron chi connectivity index (χ1n) is 7.79. The molecule has 1 amide bonds. The summed E-state index contributed by atoms with van der Waals surface area (Å²) in [6.07, 6.45) is 2.03. The number of thiazole rings is 1. The SMILES string of the molecule is CC(C)(C)c1nc(C(=O)N2CCC(c3[nH]ncc3C(=O)O)C2)cs1. The standard InChI is InChI=1S/C16H20N4O3S/c1-16(2,3)15-18-11(8-24-15)13(21)20-5-4-9(7-20)12-10(14(22)23)6-17-19-12/h6,8-9H,4-5,7H2,1-3H3,(H,17,19)(H,22,23). The van der Waals surface area contributed by atoms with Gasteiger partial charge in [0.15, 0.2) is 0 Å². The molecule has 24 heavy (non-hydrogen) atoms. The fraction of sp³-hybridized carbons (Fsp3) is 0.500. The van der Waals surface area contributed by atoms with E-state index in [0.29, 0.717) is 30.9 Å². The maximum atomic E-state index is 12.6. The Morgan fingerprint density at radius 2 is 2.17 bits per heavy atom.